The molecule has 1 aromatic rings. The number of carboxylic acid groups (broad SMARTS) is 1. The lowest BCUT2D eigenvalue weighted by molar-refractivity contribution is -0.385. The van der Waals surface area contributed by atoms with Gasteiger partial charge in [-0.25, -0.2) is 13.2 Å². The quantitative estimate of drug-likeness (QED) is 0.557. The second-order valence-corrected chi connectivity index (χ2v) is 9.98. The Morgan fingerprint density at radius 1 is 1.34 bits per heavy atom. The summed E-state index contributed by atoms with van der Waals surface area (Å²) in [7, 11) is -3.84. The van der Waals surface area contributed by atoms with Gasteiger partial charge in [-0.2, -0.15) is 0 Å². The molecule has 1 aliphatic rings. The fraction of sp³-hybridized carbons (Fsp3) is 0.556. The van der Waals surface area contributed by atoms with Crippen LogP contribution in [-0.4, -0.2) is 53.3 Å². The summed E-state index contributed by atoms with van der Waals surface area (Å²) < 4.78 is 30.5. The number of aliphatic carboxylic acids is 1. The Kier molecular flexibility index (Phi) is 6.21. The molecule has 0 spiro atoms. The van der Waals surface area contributed by atoms with Crippen molar-refractivity contribution in [2.75, 3.05) is 12.3 Å². The first kappa shape index (κ1) is 22.6. The molecule has 1 saturated heterocycles. The van der Waals surface area contributed by atoms with Crippen molar-refractivity contribution < 1.29 is 32.8 Å². The second-order valence-electron chi connectivity index (χ2n) is 7.73. The normalized spacial score (nSPS) is 19.8. The van der Waals surface area contributed by atoms with E-state index >= 15 is 0 Å². The van der Waals surface area contributed by atoms with Crippen molar-refractivity contribution in [3.8, 4) is 0 Å². The number of nitro groups is 1. The predicted octanol–water partition coefficient (Wildman–Crippen LogP) is 2.77. The van der Waals surface area contributed by atoms with Gasteiger partial charge >= 0.3 is 12.1 Å². The summed E-state index contributed by atoms with van der Waals surface area (Å²) in [5, 5.41) is 20.9. The van der Waals surface area contributed by atoms with Gasteiger partial charge in [0.15, 0.2) is 9.84 Å². The predicted molar refractivity (Wildman–Crippen MR) is 102 cm³/mol. The number of amides is 1. The maximum atomic E-state index is 12.7. The standard InChI is InChI=1S/C18H24N2O8S/c1-5-29(26,27)14-7-6-11(20(24)25)10-13(14)15-12(16(21)22)8-9-19(15)17(23)28-18(2,3)4/h6-7,10,12,15H,5,8-9H2,1-4H3,(H,21,22)/t12-,15-/m1/s1. The SMILES string of the molecule is CCS(=O)(=O)c1ccc([N+](=O)[O-])cc1[C@H]1[C@H](C(=O)O)CCN1C(=O)OC(C)(C)C. The molecule has 1 amide bonds. The van der Waals surface area contributed by atoms with Crippen LogP contribution >= 0.6 is 0 Å². The number of carbonyl (C=O) groups is 2. The lowest BCUT2D eigenvalue weighted by atomic mass is 9.93. The fourth-order valence-corrected chi connectivity index (χ4v) is 4.41. The molecule has 0 aromatic heterocycles. The van der Waals surface area contributed by atoms with Crippen LogP contribution in [0.1, 0.15) is 45.7 Å². The van der Waals surface area contributed by atoms with Crippen molar-refractivity contribution in [3.63, 3.8) is 0 Å². The van der Waals surface area contributed by atoms with Crippen molar-refractivity contribution in [1.29, 1.82) is 0 Å². The summed E-state index contributed by atoms with van der Waals surface area (Å²) in [4.78, 5) is 36.0. The van der Waals surface area contributed by atoms with Crippen molar-refractivity contribution in [2.24, 2.45) is 5.92 Å². The van der Waals surface area contributed by atoms with Gasteiger partial charge in [0.2, 0.25) is 0 Å². The van der Waals surface area contributed by atoms with Gasteiger partial charge in [-0.3, -0.25) is 14.9 Å². The number of nitrogens with zero attached hydrogens (tertiary/aromatic N) is 2. The van der Waals surface area contributed by atoms with Crippen LogP contribution in [0, 0.1) is 16.0 Å². The van der Waals surface area contributed by atoms with Gasteiger partial charge in [0.1, 0.15) is 5.60 Å². The minimum Gasteiger partial charge on any atom is -0.481 e. The third kappa shape index (κ3) is 4.84. The van der Waals surface area contributed by atoms with E-state index in [-0.39, 0.29) is 29.2 Å². The number of benzene rings is 1. The third-order valence-corrected chi connectivity index (χ3v) is 6.38. The van der Waals surface area contributed by atoms with Crippen LogP contribution in [0.25, 0.3) is 0 Å². The summed E-state index contributed by atoms with van der Waals surface area (Å²) in [6.45, 7) is 6.36. The first-order chi connectivity index (χ1) is 13.3. The number of hydrogen-bond donors (Lipinski definition) is 1. The zero-order valence-electron chi connectivity index (χ0n) is 16.6. The van der Waals surface area contributed by atoms with Gasteiger partial charge in [0.05, 0.1) is 27.5 Å². The van der Waals surface area contributed by atoms with Crippen molar-refractivity contribution in [1.82, 2.24) is 4.90 Å². The van der Waals surface area contributed by atoms with Crippen LogP contribution in [0.4, 0.5) is 10.5 Å². The molecule has 160 valence electrons. The maximum Gasteiger partial charge on any atom is 0.410 e. The number of likely N-dealkylation sites (tertiary alicyclic amines) is 1. The summed E-state index contributed by atoms with van der Waals surface area (Å²) in [6.07, 6.45) is -0.745. The number of nitro benzene ring substituents is 1. The number of carbonyl (C=O) groups excluding carboxylic acids is 1. The molecule has 0 saturated carbocycles. The largest absolute Gasteiger partial charge is 0.481 e. The zero-order valence-corrected chi connectivity index (χ0v) is 17.4. The molecule has 0 aliphatic carbocycles. The molecule has 1 heterocycles. The number of ether oxygens (including phenoxy) is 1. The van der Waals surface area contributed by atoms with E-state index in [1.165, 1.54) is 6.92 Å². The summed E-state index contributed by atoms with van der Waals surface area (Å²) in [5.41, 5.74) is -1.34. The van der Waals surface area contributed by atoms with Crippen molar-refractivity contribution in [3.05, 3.63) is 33.9 Å². The Morgan fingerprint density at radius 3 is 2.45 bits per heavy atom. The fourth-order valence-electron chi connectivity index (χ4n) is 3.28. The van der Waals surface area contributed by atoms with Gasteiger partial charge in [-0.05, 0) is 33.3 Å². The van der Waals surface area contributed by atoms with Gasteiger partial charge in [-0.15, -0.1) is 0 Å². The molecule has 0 unspecified atom stereocenters. The highest BCUT2D eigenvalue weighted by Gasteiger charge is 2.45. The van der Waals surface area contributed by atoms with E-state index in [0.29, 0.717) is 0 Å². The van der Waals surface area contributed by atoms with E-state index < -0.39 is 50.1 Å². The highest BCUT2D eigenvalue weighted by atomic mass is 32.2. The molecule has 1 aliphatic heterocycles. The van der Waals surface area contributed by atoms with Crippen molar-refractivity contribution >= 4 is 27.6 Å². The first-order valence-corrected chi connectivity index (χ1v) is 10.7. The number of non-ortho nitro benzene ring substituents is 1. The molecule has 10 nitrogen and oxygen atoms in total. The molecule has 2 rings (SSSR count). The lowest BCUT2D eigenvalue weighted by Crippen LogP contribution is -2.38. The van der Waals surface area contributed by atoms with E-state index in [9.17, 15) is 33.2 Å². The lowest BCUT2D eigenvalue weighted by Gasteiger charge is -2.31. The monoisotopic (exact) mass is 428 g/mol. The molecule has 0 bridgehead atoms. The van der Waals surface area contributed by atoms with E-state index in [1.807, 2.05) is 0 Å². The van der Waals surface area contributed by atoms with Crippen molar-refractivity contribution in [2.45, 2.75) is 50.7 Å². The molecular formula is C18H24N2O8S. The number of sulfone groups is 1. The topological polar surface area (TPSA) is 144 Å². The Hall–Kier alpha value is -2.69. The molecule has 1 fully saturated rings. The van der Waals surface area contributed by atoms with E-state index in [2.05, 4.69) is 0 Å². The van der Waals surface area contributed by atoms with E-state index in [1.54, 1.807) is 20.8 Å². The van der Waals surface area contributed by atoms with Crippen LogP contribution in [0.2, 0.25) is 0 Å². The van der Waals surface area contributed by atoms with Crippen LogP contribution in [-0.2, 0) is 19.4 Å². The molecule has 1 aromatic carbocycles. The van der Waals surface area contributed by atoms with Crippen LogP contribution in [0.15, 0.2) is 23.1 Å². The van der Waals surface area contributed by atoms with Gasteiger partial charge in [-0.1, -0.05) is 6.92 Å². The van der Waals surface area contributed by atoms with E-state index in [0.717, 1.165) is 23.1 Å². The molecular weight excluding hydrogens is 404 g/mol. The number of rotatable bonds is 5. The van der Waals surface area contributed by atoms with Gasteiger partial charge in [0, 0.05) is 24.2 Å². The highest BCUT2D eigenvalue weighted by Crippen LogP contribution is 2.42. The maximum absolute atomic E-state index is 12.7. The summed E-state index contributed by atoms with van der Waals surface area (Å²) in [6, 6.07) is 1.97. The first-order valence-electron chi connectivity index (χ1n) is 9.02. The Bertz CT molecular complexity index is 936. The van der Waals surface area contributed by atoms with Crippen LogP contribution in [0.5, 0.6) is 0 Å². The number of hydrogen-bond acceptors (Lipinski definition) is 7. The minimum absolute atomic E-state index is 0.0187. The Labute approximate surface area is 168 Å². The van der Waals surface area contributed by atoms with Gasteiger partial charge < -0.3 is 14.7 Å². The Balaban J connectivity index is 2.69. The molecule has 29 heavy (non-hydrogen) atoms. The smallest absolute Gasteiger partial charge is 0.410 e. The van der Waals surface area contributed by atoms with Crippen LogP contribution in [0.3, 0.4) is 0 Å². The van der Waals surface area contributed by atoms with Crippen LogP contribution < -0.4 is 0 Å². The molecule has 1 N–H and O–H groups in total. The highest BCUT2D eigenvalue weighted by molar-refractivity contribution is 7.91. The summed E-state index contributed by atoms with van der Waals surface area (Å²) >= 11 is 0. The Morgan fingerprint density at radius 2 is 1.97 bits per heavy atom. The average Bonchev–Trinajstić information content (AvgIpc) is 3.05. The summed E-state index contributed by atoms with van der Waals surface area (Å²) in [5.74, 6) is -2.64. The molecule has 0 radical (unpaired) electrons. The average molecular weight is 428 g/mol. The second kappa shape index (κ2) is 7.97. The molecule has 11 heteroatoms. The van der Waals surface area contributed by atoms with E-state index in [4.69, 9.17) is 4.74 Å². The third-order valence-electron chi connectivity index (χ3n) is 4.58. The molecule has 2 atom stereocenters. The number of carboxylic acids is 1. The van der Waals surface area contributed by atoms with Gasteiger partial charge in [0.25, 0.3) is 5.69 Å². The minimum atomic E-state index is -3.84. The zero-order chi connectivity index (χ0) is 22.1.